The number of hydrogen-bond acceptors (Lipinski definition) is 4. The van der Waals surface area contributed by atoms with Gasteiger partial charge in [-0.05, 0) is 23.3 Å². The molecule has 2 unspecified atom stereocenters. The lowest BCUT2D eigenvalue weighted by Crippen LogP contribution is -2.51. The Kier molecular flexibility index (Phi) is 4.96. The van der Waals surface area contributed by atoms with Crippen molar-refractivity contribution in [2.24, 2.45) is 5.92 Å². The second-order valence-corrected chi connectivity index (χ2v) is 7.37. The number of rotatable bonds is 4. The molecule has 150 valence electrons. The molecule has 2 aromatic rings. The van der Waals surface area contributed by atoms with E-state index in [1.54, 1.807) is 17.0 Å². The molecule has 0 spiro atoms. The fourth-order valence-electron chi connectivity index (χ4n) is 4.17. The lowest BCUT2D eigenvalue weighted by molar-refractivity contribution is -0.153. The van der Waals surface area contributed by atoms with Crippen LogP contribution in [-0.4, -0.2) is 47.5 Å². The van der Waals surface area contributed by atoms with E-state index in [-0.39, 0.29) is 37.7 Å². The van der Waals surface area contributed by atoms with E-state index in [0.717, 1.165) is 11.1 Å². The quantitative estimate of drug-likeness (QED) is 0.858. The van der Waals surface area contributed by atoms with Crippen molar-refractivity contribution in [3.63, 3.8) is 0 Å². The van der Waals surface area contributed by atoms with Crippen LogP contribution in [-0.2, 0) is 27.3 Å². The molecule has 1 N–H and O–H groups in total. The van der Waals surface area contributed by atoms with E-state index in [4.69, 9.17) is 4.74 Å². The van der Waals surface area contributed by atoms with E-state index in [2.05, 4.69) is 0 Å². The van der Waals surface area contributed by atoms with Crippen LogP contribution in [0.25, 0.3) is 0 Å². The first-order valence-electron chi connectivity index (χ1n) is 9.53. The van der Waals surface area contributed by atoms with Gasteiger partial charge in [0.15, 0.2) is 0 Å². The highest BCUT2D eigenvalue weighted by atomic mass is 16.5. The normalized spacial score (nSPS) is 21.1. The predicted molar refractivity (Wildman–Crippen MR) is 106 cm³/mol. The van der Waals surface area contributed by atoms with Crippen molar-refractivity contribution in [3.8, 4) is 5.75 Å². The minimum Gasteiger partial charge on any atom is -0.495 e. The number of hydrogen-bond donors (Lipinski definition) is 1. The minimum absolute atomic E-state index is 0.0569. The summed E-state index contributed by atoms with van der Waals surface area (Å²) in [6, 6.07) is 13.8. The van der Waals surface area contributed by atoms with Crippen LogP contribution in [0.1, 0.15) is 17.5 Å². The number of amides is 2. The van der Waals surface area contributed by atoms with Crippen molar-refractivity contribution < 1.29 is 24.2 Å². The van der Waals surface area contributed by atoms with Gasteiger partial charge in [0.25, 0.3) is 0 Å². The summed E-state index contributed by atoms with van der Waals surface area (Å²) in [7, 11) is 1.53. The van der Waals surface area contributed by atoms with Crippen LogP contribution in [0.15, 0.2) is 48.5 Å². The molecule has 1 fully saturated rings. The topological polar surface area (TPSA) is 87.2 Å². The van der Waals surface area contributed by atoms with Crippen molar-refractivity contribution >= 4 is 23.5 Å². The standard InChI is InChI=1S/C22H22N2O5/c1-29-19-9-5-4-8-17(19)23-13-16(11-20(23)25)21(26)24-12-15-7-3-2-6-14(15)10-18(24)22(27)28/h2-9,16,18H,10-13H2,1H3,(H,27,28). The number of nitrogens with zero attached hydrogens (tertiary/aromatic N) is 2. The highest BCUT2D eigenvalue weighted by molar-refractivity contribution is 6.01. The molecular weight excluding hydrogens is 372 g/mol. The monoisotopic (exact) mass is 394 g/mol. The van der Waals surface area contributed by atoms with Crippen LogP contribution < -0.4 is 9.64 Å². The van der Waals surface area contributed by atoms with Gasteiger partial charge in [-0.25, -0.2) is 4.79 Å². The first-order chi connectivity index (χ1) is 14.0. The molecule has 0 aromatic heterocycles. The molecule has 7 heteroatoms. The van der Waals surface area contributed by atoms with Crippen LogP contribution in [0.5, 0.6) is 5.75 Å². The predicted octanol–water partition coefficient (Wildman–Crippen LogP) is 2.09. The van der Waals surface area contributed by atoms with Gasteiger partial charge < -0.3 is 19.6 Å². The molecule has 2 aliphatic heterocycles. The summed E-state index contributed by atoms with van der Waals surface area (Å²) in [6.07, 6.45) is 0.329. The number of ether oxygens (including phenoxy) is 1. The summed E-state index contributed by atoms with van der Waals surface area (Å²) in [5, 5.41) is 9.69. The van der Waals surface area contributed by atoms with E-state index in [0.29, 0.717) is 11.4 Å². The summed E-state index contributed by atoms with van der Waals surface area (Å²) in [6.45, 7) is 0.452. The zero-order valence-electron chi connectivity index (χ0n) is 16.1. The van der Waals surface area contributed by atoms with Crippen molar-refractivity contribution in [2.75, 3.05) is 18.6 Å². The smallest absolute Gasteiger partial charge is 0.326 e. The zero-order valence-corrected chi connectivity index (χ0v) is 16.1. The van der Waals surface area contributed by atoms with Crippen molar-refractivity contribution in [2.45, 2.75) is 25.4 Å². The number of carbonyl (C=O) groups is 3. The number of methoxy groups -OCH3 is 1. The fraction of sp³-hybridized carbons (Fsp3) is 0.318. The molecule has 7 nitrogen and oxygen atoms in total. The molecular formula is C22H22N2O5. The first kappa shape index (κ1) is 19.0. The Hall–Kier alpha value is -3.35. The summed E-state index contributed by atoms with van der Waals surface area (Å²) in [4.78, 5) is 40.7. The maximum Gasteiger partial charge on any atom is 0.326 e. The second kappa shape index (κ2) is 7.58. The zero-order chi connectivity index (χ0) is 20.5. The van der Waals surface area contributed by atoms with Gasteiger partial charge in [-0.3, -0.25) is 9.59 Å². The van der Waals surface area contributed by atoms with Crippen LogP contribution in [0.4, 0.5) is 5.69 Å². The molecule has 1 saturated heterocycles. The number of carboxylic acids is 1. The van der Waals surface area contributed by atoms with Crippen LogP contribution in [0, 0.1) is 5.92 Å². The SMILES string of the molecule is COc1ccccc1N1CC(C(=O)N2Cc3ccccc3CC2C(=O)O)CC1=O. The number of benzene rings is 2. The third-order valence-electron chi connectivity index (χ3n) is 5.67. The Labute approximate surface area is 168 Å². The van der Waals surface area contributed by atoms with E-state index in [1.807, 2.05) is 36.4 Å². The molecule has 2 atom stereocenters. The average molecular weight is 394 g/mol. The first-order valence-corrected chi connectivity index (χ1v) is 9.53. The average Bonchev–Trinajstić information content (AvgIpc) is 3.13. The third-order valence-corrected chi connectivity index (χ3v) is 5.67. The summed E-state index contributed by atoms with van der Waals surface area (Å²) in [5.41, 5.74) is 2.51. The molecule has 0 radical (unpaired) electrons. The Morgan fingerprint density at radius 3 is 2.45 bits per heavy atom. The van der Waals surface area contributed by atoms with Crippen molar-refractivity contribution in [3.05, 3.63) is 59.7 Å². The Morgan fingerprint density at radius 2 is 1.72 bits per heavy atom. The highest BCUT2D eigenvalue weighted by Crippen LogP contribution is 2.34. The summed E-state index contributed by atoms with van der Waals surface area (Å²) in [5.74, 6) is -1.52. The Bertz CT molecular complexity index is 973. The van der Waals surface area contributed by atoms with Crippen LogP contribution in [0.2, 0.25) is 0 Å². The third kappa shape index (κ3) is 3.44. The molecule has 2 heterocycles. The molecule has 2 amide bonds. The number of carbonyl (C=O) groups excluding carboxylic acids is 2. The molecule has 0 saturated carbocycles. The van der Waals surface area contributed by atoms with Gasteiger partial charge >= 0.3 is 5.97 Å². The Morgan fingerprint density at radius 1 is 1.03 bits per heavy atom. The second-order valence-electron chi connectivity index (χ2n) is 7.37. The molecule has 2 aliphatic rings. The summed E-state index contributed by atoms with van der Waals surface area (Å²) >= 11 is 0. The van der Waals surface area contributed by atoms with Gasteiger partial charge in [0.2, 0.25) is 11.8 Å². The van der Waals surface area contributed by atoms with Crippen LogP contribution >= 0.6 is 0 Å². The molecule has 0 bridgehead atoms. The number of aliphatic carboxylic acids is 1. The number of para-hydroxylation sites is 2. The number of anilines is 1. The van der Waals surface area contributed by atoms with Crippen molar-refractivity contribution in [1.82, 2.24) is 4.90 Å². The minimum atomic E-state index is -1.03. The summed E-state index contributed by atoms with van der Waals surface area (Å²) < 4.78 is 5.34. The maximum absolute atomic E-state index is 13.3. The van der Waals surface area contributed by atoms with Gasteiger partial charge in [-0.1, -0.05) is 36.4 Å². The lowest BCUT2D eigenvalue weighted by atomic mass is 9.92. The van der Waals surface area contributed by atoms with E-state index < -0.39 is 17.9 Å². The maximum atomic E-state index is 13.3. The van der Waals surface area contributed by atoms with E-state index in [9.17, 15) is 19.5 Å². The number of fused-ring (bicyclic) bond motifs is 1. The Balaban J connectivity index is 1.58. The van der Waals surface area contributed by atoms with Gasteiger partial charge in [0.1, 0.15) is 11.8 Å². The van der Waals surface area contributed by atoms with Gasteiger partial charge in [-0.2, -0.15) is 0 Å². The molecule has 29 heavy (non-hydrogen) atoms. The van der Waals surface area contributed by atoms with E-state index >= 15 is 0 Å². The largest absolute Gasteiger partial charge is 0.495 e. The van der Waals surface area contributed by atoms with Gasteiger partial charge in [-0.15, -0.1) is 0 Å². The van der Waals surface area contributed by atoms with Gasteiger partial charge in [0.05, 0.1) is 18.7 Å². The fourth-order valence-corrected chi connectivity index (χ4v) is 4.17. The number of carboxylic acid groups (broad SMARTS) is 1. The van der Waals surface area contributed by atoms with Crippen molar-refractivity contribution in [1.29, 1.82) is 0 Å². The van der Waals surface area contributed by atoms with E-state index in [1.165, 1.54) is 12.0 Å². The molecule has 0 aliphatic carbocycles. The molecule has 2 aromatic carbocycles. The highest BCUT2D eigenvalue weighted by Gasteiger charge is 2.42. The molecule has 4 rings (SSSR count). The van der Waals surface area contributed by atoms with Gasteiger partial charge in [0, 0.05) is 25.9 Å². The lowest BCUT2D eigenvalue weighted by Gasteiger charge is -2.35. The van der Waals surface area contributed by atoms with Crippen LogP contribution in [0.3, 0.4) is 0 Å².